The Labute approximate surface area is 122 Å². The quantitative estimate of drug-likeness (QED) is 0.810. The number of thiophene rings is 1. The summed E-state index contributed by atoms with van der Waals surface area (Å²) in [4.78, 5) is 3.90. The van der Waals surface area contributed by atoms with Gasteiger partial charge in [0.05, 0.1) is 6.54 Å². The molecule has 0 saturated heterocycles. The van der Waals surface area contributed by atoms with Crippen molar-refractivity contribution >= 4 is 11.3 Å². The number of hydrogen-bond acceptors (Lipinski definition) is 3. The van der Waals surface area contributed by atoms with Gasteiger partial charge < -0.3 is 5.73 Å². The Bertz CT molecular complexity index is 413. The molecule has 2 N–H and O–H groups in total. The molecule has 0 radical (unpaired) electrons. The van der Waals surface area contributed by atoms with Crippen molar-refractivity contribution in [1.29, 1.82) is 0 Å². The van der Waals surface area contributed by atoms with Crippen LogP contribution in [0.4, 0.5) is 0 Å². The van der Waals surface area contributed by atoms with Crippen molar-refractivity contribution in [2.45, 2.75) is 34.2 Å². The molecule has 0 fully saturated rings. The van der Waals surface area contributed by atoms with E-state index in [2.05, 4.69) is 55.9 Å². The molecule has 0 aliphatic heterocycles. The summed E-state index contributed by atoms with van der Waals surface area (Å²) in [6, 6.07) is 2.10. The van der Waals surface area contributed by atoms with Crippen LogP contribution in [0.2, 0.25) is 0 Å². The lowest BCUT2D eigenvalue weighted by atomic mass is 10.1. The Morgan fingerprint density at radius 3 is 2.37 bits per heavy atom. The lowest BCUT2D eigenvalue weighted by Crippen LogP contribution is -2.30. The summed E-state index contributed by atoms with van der Waals surface area (Å²) in [5, 5.41) is 2.12. The molecule has 1 rings (SSSR count). The van der Waals surface area contributed by atoms with E-state index in [0.29, 0.717) is 18.4 Å². The molecule has 2 nitrogen and oxygen atoms in total. The topological polar surface area (TPSA) is 29.3 Å². The molecule has 0 bridgehead atoms. The van der Waals surface area contributed by atoms with E-state index in [1.807, 2.05) is 0 Å². The maximum absolute atomic E-state index is 5.45. The van der Waals surface area contributed by atoms with E-state index in [1.165, 1.54) is 4.88 Å². The van der Waals surface area contributed by atoms with Crippen molar-refractivity contribution in [1.82, 2.24) is 4.90 Å². The highest BCUT2D eigenvalue weighted by molar-refractivity contribution is 7.10. The third-order valence-corrected chi connectivity index (χ3v) is 3.59. The van der Waals surface area contributed by atoms with Gasteiger partial charge in [0.2, 0.25) is 0 Å². The molecule has 0 spiro atoms. The van der Waals surface area contributed by atoms with Gasteiger partial charge in [-0.25, -0.2) is 0 Å². The van der Waals surface area contributed by atoms with Crippen molar-refractivity contribution in [3.05, 3.63) is 21.9 Å². The summed E-state index contributed by atoms with van der Waals surface area (Å²) in [5.41, 5.74) is 6.59. The minimum atomic E-state index is 0.428. The second-order valence-electron chi connectivity index (χ2n) is 5.75. The fourth-order valence-corrected chi connectivity index (χ4v) is 3.03. The first-order chi connectivity index (χ1) is 9.02. The van der Waals surface area contributed by atoms with Crippen LogP contribution in [0.15, 0.2) is 11.4 Å². The molecule has 106 valence electrons. The predicted molar refractivity (Wildman–Crippen MR) is 85.2 cm³/mol. The van der Waals surface area contributed by atoms with Gasteiger partial charge in [-0.2, -0.15) is 0 Å². The summed E-state index contributed by atoms with van der Waals surface area (Å²) < 4.78 is 0. The van der Waals surface area contributed by atoms with Crippen molar-refractivity contribution < 1.29 is 0 Å². The first kappa shape index (κ1) is 16.2. The van der Waals surface area contributed by atoms with Crippen LogP contribution in [-0.4, -0.2) is 24.5 Å². The van der Waals surface area contributed by atoms with Crippen LogP contribution in [0.1, 0.15) is 38.1 Å². The van der Waals surface area contributed by atoms with E-state index >= 15 is 0 Å². The molecule has 0 aliphatic rings. The minimum absolute atomic E-state index is 0.428. The number of rotatable bonds is 6. The first-order valence-corrected chi connectivity index (χ1v) is 7.88. The highest BCUT2D eigenvalue weighted by atomic mass is 32.1. The molecule has 1 aromatic heterocycles. The average Bonchev–Trinajstić information content (AvgIpc) is 2.72. The zero-order valence-corrected chi connectivity index (χ0v) is 13.4. The Morgan fingerprint density at radius 2 is 1.84 bits per heavy atom. The van der Waals surface area contributed by atoms with Gasteiger partial charge >= 0.3 is 0 Å². The van der Waals surface area contributed by atoms with Crippen molar-refractivity contribution in [3.8, 4) is 11.8 Å². The standard InChI is InChI=1S/C16H26N2S/c1-13(2)10-18(11-14(3)4)12-16-15(6-5-8-17)7-9-19-16/h7,9,13-14H,8,10-12,17H2,1-4H3. The number of nitrogens with zero attached hydrogens (tertiary/aromatic N) is 1. The SMILES string of the molecule is CC(C)CN(Cc1sccc1C#CCN)CC(C)C. The van der Waals surface area contributed by atoms with Gasteiger partial charge in [-0.1, -0.05) is 39.5 Å². The predicted octanol–water partition coefficient (Wildman–Crippen LogP) is 3.17. The molecular formula is C16H26N2S. The van der Waals surface area contributed by atoms with Crippen LogP contribution in [0.25, 0.3) is 0 Å². The second kappa shape index (κ2) is 8.37. The molecule has 1 aromatic rings. The molecule has 0 amide bonds. The molecule has 3 heteroatoms. The summed E-state index contributed by atoms with van der Waals surface area (Å²) in [5.74, 6) is 7.51. The lowest BCUT2D eigenvalue weighted by Gasteiger charge is -2.25. The number of hydrogen-bond donors (Lipinski definition) is 1. The maximum atomic E-state index is 5.45. The molecular weight excluding hydrogens is 252 g/mol. The van der Waals surface area contributed by atoms with E-state index in [4.69, 9.17) is 5.73 Å². The van der Waals surface area contributed by atoms with Crippen molar-refractivity contribution in [3.63, 3.8) is 0 Å². The Balaban J connectivity index is 2.75. The van der Waals surface area contributed by atoms with E-state index < -0.39 is 0 Å². The molecule has 0 aliphatic carbocycles. The van der Waals surface area contributed by atoms with Crippen molar-refractivity contribution in [2.75, 3.05) is 19.6 Å². The van der Waals surface area contributed by atoms with Crippen molar-refractivity contribution in [2.24, 2.45) is 17.6 Å². The van der Waals surface area contributed by atoms with Gasteiger partial charge in [0.1, 0.15) is 0 Å². The van der Waals surface area contributed by atoms with Gasteiger partial charge in [0.15, 0.2) is 0 Å². The van der Waals surface area contributed by atoms with Gasteiger partial charge in [0, 0.05) is 30.1 Å². The smallest absolute Gasteiger partial charge is 0.0555 e. The van der Waals surface area contributed by atoms with E-state index in [-0.39, 0.29) is 0 Å². The summed E-state index contributed by atoms with van der Waals surface area (Å²) in [6.07, 6.45) is 0. The summed E-state index contributed by atoms with van der Waals surface area (Å²) >= 11 is 1.80. The zero-order chi connectivity index (χ0) is 14.3. The third kappa shape index (κ3) is 6.24. The molecule has 19 heavy (non-hydrogen) atoms. The fourth-order valence-electron chi connectivity index (χ4n) is 2.16. The molecule has 0 saturated carbocycles. The van der Waals surface area contributed by atoms with Crippen LogP contribution in [0, 0.1) is 23.7 Å². The van der Waals surface area contributed by atoms with Gasteiger partial charge in [-0.15, -0.1) is 11.3 Å². The van der Waals surface area contributed by atoms with Gasteiger partial charge in [-0.3, -0.25) is 4.90 Å². The zero-order valence-electron chi connectivity index (χ0n) is 12.6. The highest BCUT2D eigenvalue weighted by Crippen LogP contribution is 2.19. The lowest BCUT2D eigenvalue weighted by molar-refractivity contribution is 0.213. The van der Waals surface area contributed by atoms with Gasteiger partial charge in [0.25, 0.3) is 0 Å². The Morgan fingerprint density at radius 1 is 1.21 bits per heavy atom. The van der Waals surface area contributed by atoms with Crippen LogP contribution >= 0.6 is 11.3 Å². The largest absolute Gasteiger partial charge is 0.320 e. The maximum Gasteiger partial charge on any atom is 0.0555 e. The first-order valence-electron chi connectivity index (χ1n) is 7.00. The van der Waals surface area contributed by atoms with Crippen LogP contribution in [0.5, 0.6) is 0 Å². The second-order valence-corrected chi connectivity index (χ2v) is 6.75. The fraction of sp³-hybridized carbons (Fsp3) is 0.625. The number of nitrogens with two attached hydrogens (primary N) is 1. The van der Waals surface area contributed by atoms with E-state index in [1.54, 1.807) is 11.3 Å². The normalized spacial score (nSPS) is 11.2. The van der Waals surface area contributed by atoms with E-state index in [0.717, 1.165) is 25.2 Å². The van der Waals surface area contributed by atoms with Crippen LogP contribution in [-0.2, 0) is 6.54 Å². The third-order valence-electron chi connectivity index (χ3n) is 2.68. The van der Waals surface area contributed by atoms with Crippen LogP contribution in [0.3, 0.4) is 0 Å². The van der Waals surface area contributed by atoms with Gasteiger partial charge in [-0.05, 0) is 23.3 Å². The highest BCUT2D eigenvalue weighted by Gasteiger charge is 2.12. The summed E-state index contributed by atoms with van der Waals surface area (Å²) in [6.45, 7) is 12.8. The molecule has 0 aromatic carbocycles. The van der Waals surface area contributed by atoms with E-state index in [9.17, 15) is 0 Å². The molecule has 0 atom stereocenters. The average molecular weight is 278 g/mol. The summed E-state index contributed by atoms with van der Waals surface area (Å²) in [7, 11) is 0. The molecule has 0 unspecified atom stereocenters. The monoisotopic (exact) mass is 278 g/mol. The minimum Gasteiger partial charge on any atom is -0.320 e. The Kier molecular flexibility index (Phi) is 7.15. The van der Waals surface area contributed by atoms with Crippen LogP contribution < -0.4 is 5.73 Å². The Hall–Kier alpha value is -0.820. The molecule has 1 heterocycles.